The number of nitrogens with zero attached hydrogens (tertiary/aromatic N) is 8. The molecule has 0 unspecified atom stereocenters. The van der Waals surface area contributed by atoms with Crippen LogP contribution in [0.3, 0.4) is 0 Å². The zero-order chi connectivity index (χ0) is 49.0. The van der Waals surface area contributed by atoms with Gasteiger partial charge >= 0.3 is 0 Å². The van der Waals surface area contributed by atoms with Gasteiger partial charge < -0.3 is 4.57 Å². The second-order valence-electron chi connectivity index (χ2n) is 18.3. The Hall–Kier alpha value is -10.2. The van der Waals surface area contributed by atoms with Crippen LogP contribution in [0, 0.1) is 0 Å². The quantitative estimate of drug-likeness (QED) is 0.143. The molecular formula is C66H42N8. The summed E-state index contributed by atoms with van der Waals surface area (Å²) in [4.78, 5) is 31.2. The van der Waals surface area contributed by atoms with E-state index in [2.05, 4.69) is 179 Å². The number of aromatic nitrogens is 8. The van der Waals surface area contributed by atoms with Crippen LogP contribution in [0.4, 0.5) is 0 Å². The largest absolute Gasteiger partial charge is 0.307 e. The van der Waals surface area contributed by atoms with Gasteiger partial charge in [-0.05, 0) is 52.6 Å². The third kappa shape index (κ3) is 7.48. The van der Waals surface area contributed by atoms with Crippen molar-refractivity contribution in [2.45, 2.75) is 0 Å². The molecule has 0 atom stereocenters. The minimum atomic E-state index is 0.518. The van der Waals surface area contributed by atoms with Crippen molar-refractivity contribution >= 4 is 43.6 Å². The van der Waals surface area contributed by atoms with E-state index in [9.17, 15) is 0 Å². The lowest BCUT2D eigenvalue weighted by Gasteiger charge is -2.14. The molecule has 0 N–H and O–H groups in total. The van der Waals surface area contributed by atoms with Gasteiger partial charge in [-0.15, -0.1) is 0 Å². The molecule has 4 aromatic heterocycles. The maximum absolute atomic E-state index is 5.42. The average molecular weight is 947 g/mol. The van der Waals surface area contributed by atoms with Crippen LogP contribution in [-0.4, -0.2) is 39.0 Å². The first-order valence-corrected chi connectivity index (χ1v) is 24.7. The molecule has 4 heterocycles. The predicted molar refractivity (Wildman–Crippen MR) is 300 cm³/mol. The third-order valence-corrected chi connectivity index (χ3v) is 13.8. The van der Waals surface area contributed by atoms with Gasteiger partial charge in [0, 0.05) is 55.0 Å². The predicted octanol–water partition coefficient (Wildman–Crippen LogP) is 15.9. The van der Waals surface area contributed by atoms with Crippen LogP contribution >= 0.6 is 0 Å². The summed E-state index contributed by atoms with van der Waals surface area (Å²) in [5.41, 5.74) is 14.1. The van der Waals surface area contributed by atoms with E-state index < -0.39 is 0 Å². The lowest BCUT2D eigenvalue weighted by atomic mass is 9.98. The molecule has 14 rings (SSSR count). The van der Waals surface area contributed by atoms with E-state index in [1.54, 1.807) is 0 Å². The van der Waals surface area contributed by atoms with Gasteiger partial charge in [-0.2, -0.15) is 9.97 Å². The molecule has 346 valence electrons. The van der Waals surface area contributed by atoms with Crippen LogP contribution in [0.25, 0.3) is 134 Å². The number of hydrogen-bond acceptors (Lipinski definition) is 6. The van der Waals surface area contributed by atoms with Gasteiger partial charge in [-0.25, -0.2) is 19.9 Å². The van der Waals surface area contributed by atoms with Gasteiger partial charge in [0.25, 0.3) is 0 Å². The van der Waals surface area contributed by atoms with E-state index in [0.29, 0.717) is 35.1 Å². The SMILES string of the molecule is c1ccc(-c2cccc(-c3ccc(-c4nc(-c5ccccc5)nc(-n5c6ccccc6c6ccc7c8ccccc8n(-c8cccc(-c9nc(-c%10ccccc%10)nc(-c%10ccccc%10)n9)c8)c7c65)n4)cc3)c2)cc1. The summed E-state index contributed by atoms with van der Waals surface area (Å²) in [5.74, 6) is 3.48. The number of benzene rings is 10. The summed E-state index contributed by atoms with van der Waals surface area (Å²) in [5, 5.41) is 4.40. The fourth-order valence-corrected chi connectivity index (χ4v) is 10.3. The Kier molecular flexibility index (Phi) is 10.3. The zero-order valence-corrected chi connectivity index (χ0v) is 39.8. The molecule has 0 bridgehead atoms. The highest BCUT2D eigenvalue weighted by molar-refractivity contribution is 6.23. The Balaban J connectivity index is 0.977. The van der Waals surface area contributed by atoms with Crippen molar-refractivity contribution in [2.24, 2.45) is 0 Å². The summed E-state index contributed by atoms with van der Waals surface area (Å²) in [6.45, 7) is 0. The molecule has 0 aliphatic carbocycles. The molecule has 74 heavy (non-hydrogen) atoms. The van der Waals surface area contributed by atoms with Crippen molar-refractivity contribution in [1.82, 2.24) is 39.0 Å². The van der Waals surface area contributed by atoms with Crippen LogP contribution in [0.2, 0.25) is 0 Å². The lowest BCUT2D eigenvalue weighted by molar-refractivity contribution is 0.953. The number of rotatable bonds is 9. The molecule has 0 aliphatic rings. The monoisotopic (exact) mass is 946 g/mol. The van der Waals surface area contributed by atoms with E-state index in [0.717, 1.165) is 88.2 Å². The molecule has 0 fully saturated rings. The number of para-hydroxylation sites is 2. The highest BCUT2D eigenvalue weighted by atomic mass is 15.2. The first kappa shape index (κ1) is 42.7. The van der Waals surface area contributed by atoms with E-state index in [-0.39, 0.29) is 0 Å². The zero-order valence-electron chi connectivity index (χ0n) is 39.8. The van der Waals surface area contributed by atoms with Crippen molar-refractivity contribution in [2.75, 3.05) is 0 Å². The molecule has 0 spiro atoms. The van der Waals surface area contributed by atoms with Crippen molar-refractivity contribution in [3.05, 3.63) is 255 Å². The van der Waals surface area contributed by atoms with Crippen molar-refractivity contribution in [3.8, 4) is 90.8 Å². The Bertz CT molecular complexity index is 4340. The molecule has 0 saturated heterocycles. The second-order valence-corrected chi connectivity index (χ2v) is 18.3. The third-order valence-electron chi connectivity index (χ3n) is 13.8. The van der Waals surface area contributed by atoms with E-state index >= 15 is 0 Å². The van der Waals surface area contributed by atoms with Crippen LogP contribution in [0.15, 0.2) is 255 Å². The second kappa shape index (κ2) is 17.9. The van der Waals surface area contributed by atoms with Gasteiger partial charge in [0.15, 0.2) is 29.1 Å². The van der Waals surface area contributed by atoms with Gasteiger partial charge in [0.2, 0.25) is 5.95 Å². The normalized spacial score (nSPS) is 11.5. The molecule has 0 saturated carbocycles. The molecule has 0 amide bonds. The number of fused-ring (bicyclic) bond motifs is 7. The van der Waals surface area contributed by atoms with Crippen molar-refractivity contribution in [3.63, 3.8) is 0 Å². The summed E-state index contributed by atoms with van der Waals surface area (Å²) >= 11 is 0. The fraction of sp³-hybridized carbons (Fsp3) is 0. The number of hydrogen-bond donors (Lipinski definition) is 0. The topological polar surface area (TPSA) is 87.2 Å². The summed E-state index contributed by atoms with van der Waals surface area (Å²) in [7, 11) is 0. The van der Waals surface area contributed by atoms with Crippen LogP contribution in [-0.2, 0) is 0 Å². The highest BCUT2D eigenvalue weighted by Gasteiger charge is 2.24. The molecule has 0 radical (unpaired) electrons. The first-order valence-electron chi connectivity index (χ1n) is 24.7. The Labute approximate surface area is 426 Å². The smallest absolute Gasteiger partial charge is 0.238 e. The minimum absolute atomic E-state index is 0.518. The van der Waals surface area contributed by atoms with Gasteiger partial charge in [0.1, 0.15) is 0 Å². The molecule has 10 aromatic carbocycles. The van der Waals surface area contributed by atoms with E-state index in [4.69, 9.17) is 29.9 Å². The fourth-order valence-electron chi connectivity index (χ4n) is 10.3. The highest BCUT2D eigenvalue weighted by Crippen LogP contribution is 2.42. The van der Waals surface area contributed by atoms with Gasteiger partial charge in [0.05, 0.1) is 22.1 Å². The van der Waals surface area contributed by atoms with Crippen LogP contribution in [0.5, 0.6) is 0 Å². The standard InChI is InChI=1S/C66H42N8/c1-5-19-43(20-6-1)49-27-17-28-50(41-49)44-35-37-48(38-36-44)64-70-63(47-25-11-4-12-26-47)71-66(72-64)74-58-34-16-14-32-54(58)56-40-39-55-53-31-13-15-33-57(53)73(59(55)60(56)74)52-30-18-29-51(42-52)65-68-61(45-21-7-2-8-22-45)67-62(69-65)46-23-9-3-10-24-46/h1-42H. The molecule has 0 aliphatic heterocycles. The minimum Gasteiger partial charge on any atom is -0.307 e. The lowest BCUT2D eigenvalue weighted by Crippen LogP contribution is -2.07. The van der Waals surface area contributed by atoms with Crippen LogP contribution in [0.1, 0.15) is 0 Å². The molecule has 8 nitrogen and oxygen atoms in total. The van der Waals surface area contributed by atoms with Gasteiger partial charge in [-0.3, -0.25) is 4.57 Å². The Morgan fingerprint density at radius 1 is 0.216 bits per heavy atom. The van der Waals surface area contributed by atoms with E-state index in [1.165, 1.54) is 11.1 Å². The molecule has 8 heteroatoms. The van der Waals surface area contributed by atoms with Crippen LogP contribution < -0.4 is 0 Å². The maximum Gasteiger partial charge on any atom is 0.238 e. The summed E-state index contributed by atoms with van der Waals surface area (Å²) in [6, 6.07) is 88.2. The van der Waals surface area contributed by atoms with Gasteiger partial charge in [-0.1, -0.05) is 224 Å². The van der Waals surface area contributed by atoms with E-state index in [1.807, 2.05) is 84.9 Å². The Morgan fingerprint density at radius 2 is 0.568 bits per heavy atom. The maximum atomic E-state index is 5.42. The Morgan fingerprint density at radius 3 is 1.09 bits per heavy atom. The first-order chi connectivity index (χ1) is 36.7. The van der Waals surface area contributed by atoms with Crippen molar-refractivity contribution < 1.29 is 0 Å². The summed E-state index contributed by atoms with van der Waals surface area (Å²) in [6.07, 6.45) is 0. The molecule has 14 aromatic rings. The van der Waals surface area contributed by atoms with Crippen molar-refractivity contribution in [1.29, 1.82) is 0 Å². The molecular weight excluding hydrogens is 905 g/mol. The average Bonchev–Trinajstić information content (AvgIpc) is 4.02. The summed E-state index contributed by atoms with van der Waals surface area (Å²) < 4.78 is 4.60.